The highest BCUT2D eigenvalue weighted by atomic mass is 16.5. The molecule has 0 bridgehead atoms. The number of para-hydroxylation sites is 2. The first-order valence-corrected chi connectivity index (χ1v) is 10.5. The van der Waals surface area contributed by atoms with Gasteiger partial charge in [0, 0.05) is 5.56 Å². The fraction of sp³-hybridized carbons (Fsp3) is 0.250. The van der Waals surface area contributed by atoms with Crippen LogP contribution in [0.25, 0.3) is 22.2 Å². The van der Waals surface area contributed by atoms with Gasteiger partial charge in [0.1, 0.15) is 29.0 Å². The fourth-order valence-electron chi connectivity index (χ4n) is 3.73. The average molecular weight is 448 g/mol. The molecule has 0 aliphatic carbocycles. The van der Waals surface area contributed by atoms with Crippen LogP contribution in [0.15, 0.2) is 57.8 Å². The van der Waals surface area contributed by atoms with Crippen LogP contribution in [0.4, 0.5) is 5.69 Å². The zero-order valence-electron chi connectivity index (χ0n) is 18.8. The predicted octanol–water partition coefficient (Wildman–Crippen LogP) is 3.97. The van der Waals surface area contributed by atoms with Crippen molar-refractivity contribution in [2.45, 2.75) is 26.3 Å². The van der Waals surface area contributed by atoms with Crippen molar-refractivity contribution >= 4 is 22.5 Å². The smallest absolute Gasteiger partial charge is 0.297 e. The number of rotatable bonds is 7. The Hall–Kier alpha value is -4.14. The summed E-state index contributed by atoms with van der Waals surface area (Å²) in [6.07, 6.45) is 0.327. The lowest BCUT2D eigenvalue weighted by Crippen LogP contribution is -2.35. The average Bonchev–Trinajstić information content (AvgIpc) is 3.23. The van der Waals surface area contributed by atoms with Crippen molar-refractivity contribution in [1.82, 2.24) is 14.9 Å². The van der Waals surface area contributed by atoms with Crippen LogP contribution in [-0.2, 0) is 4.79 Å². The molecule has 2 heterocycles. The molecule has 9 nitrogen and oxygen atoms in total. The van der Waals surface area contributed by atoms with Crippen molar-refractivity contribution in [2.24, 2.45) is 0 Å². The third-order valence-electron chi connectivity index (χ3n) is 5.41. The molecule has 0 saturated carbocycles. The van der Waals surface area contributed by atoms with Crippen molar-refractivity contribution in [2.75, 3.05) is 19.5 Å². The zero-order valence-corrected chi connectivity index (χ0v) is 18.8. The van der Waals surface area contributed by atoms with Crippen molar-refractivity contribution in [3.05, 3.63) is 64.6 Å². The minimum atomic E-state index is -0.881. The number of aryl methyl sites for hydroxylation is 1. The van der Waals surface area contributed by atoms with Gasteiger partial charge in [-0.1, -0.05) is 36.3 Å². The monoisotopic (exact) mass is 448 g/mol. The highest BCUT2D eigenvalue weighted by Crippen LogP contribution is 2.30. The number of methoxy groups -OCH3 is 2. The molecule has 1 amide bonds. The molecule has 0 radical (unpaired) electrons. The molecule has 0 spiro atoms. The quantitative estimate of drug-likeness (QED) is 0.456. The Balaban J connectivity index is 1.84. The highest BCUT2D eigenvalue weighted by Gasteiger charge is 2.27. The van der Waals surface area contributed by atoms with Gasteiger partial charge in [-0.15, -0.1) is 0 Å². The second kappa shape index (κ2) is 9.15. The van der Waals surface area contributed by atoms with Crippen LogP contribution < -0.4 is 20.3 Å². The molecule has 4 aromatic rings. The second-order valence-corrected chi connectivity index (χ2v) is 7.41. The van der Waals surface area contributed by atoms with E-state index in [4.69, 9.17) is 14.0 Å². The Morgan fingerprint density at radius 3 is 2.67 bits per heavy atom. The lowest BCUT2D eigenvalue weighted by atomic mass is 10.1. The predicted molar refractivity (Wildman–Crippen MR) is 124 cm³/mol. The number of nitrogens with one attached hydrogen (secondary N) is 1. The largest absolute Gasteiger partial charge is 0.497 e. The van der Waals surface area contributed by atoms with E-state index in [-0.39, 0.29) is 5.52 Å². The van der Waals surface area contributed by atoms with Gasteiger partial charge in [0.05, 0.1) is 25.3 Å². The number of hydrogen-bond acceptors (Lipinski definition) is 7. The maximum atomic E-state index is 13.3. The Morgan fingerprint density at radius 1 is 1.15 bits per heavy atom. The Bertz CT molecular complexity index is 1380. The summed E-state index contributed by atoms with van der Waals surface area (Å²) in [5.41, 5.74) is 1.30. The van der Waals surface area contributed by atoms with Crippen LogP contribution in [0.5, 0.6) is 11.5 Å². The Morgan fingerprint density at radius 2 is 1.94 bits per heavy atom. The van der Waals surface area contributed by atoms with E-state index in [1.807, 2.05) is 25.1 Å². The molecule has 33 heavy (non-hydrogen) atoms. The Kier molecular flexibility index (Phi) is 6.12. The maximum Gasteiger partial charge on any atom is 0.297 e. The molecule has 1 atom stereocenters. The molecule has 0 fully saturated rings. The zero-order chi connectivity index (χ0) is 23.5. The van der Waals surface area contributed by atoms with Crippen molar-refractivity contribution < 1.29 is 18.8 Å². The molecule has 2 aromatic carbocycles. The van der Waals surface area contributed by atoms with Crippen LogP contribution in [0.1, 0.15) is 25.1 Å². The van der Waals surface area contributed by atoms with E-state index >= 15 is 0 Å². The molecule has 1 N–H and O–H groups in total. The first-order chi connectivity index (χ1) is 16.0. The number of hydrogen-bond donors (Lipinski definition) is 1. The summed E-state index contributed by atoms with van der Waals surface area (Å²) in [4.78, 5) is 26.5. The number of carbonyl (C=O) groups is 1. The highest BCUT2D eigenvalue weighted by molar-refractivity contribution is 5.96. The summed E-state index contributed by atoms with van der Waals surface area (Å²) in [6.45, 7) is 3.53. The normalized spacial score (nSPS) is 11.9. The van der Waals surface area contributed by atoms with Crippen LogP contribution in [0.3, 0.4) is 0 Å². The first kappa shape index (κ1) is 22.1. The van der Waals surface area contributed by atoms with E-state index in [9.17, 15) is 9.59 Å². The maximum absolute atomic E-state index is 13.3. The number of ether oxygens (including phenoxy) is 2. The second-order valence-electron chi connectivity index (χ2n) is 7.41. The van der Waals surface area contributed by atoms with E-state index in [2.05, 4.69) is 15.6 Å². The molecular weight excluding hydrogens is 424 g/mol. The van der Waals surface area contributed by atoms with Crippen LogP contribution in [-0.4, -0.2) is 35.1 Å². The van der Waals surface area contributed by atoms with Crippen molar-refractivity contribution in [3.8, 4) is 22.8 Å². The van der Waals surface area contributed by atoms with Crippen LogP contribution in [0.2, 0.25) is 0 Å². The molecule has 2 aromatic heterocycles. The minimum absolute atomic E-state index is 0.115. The summed E-state index contributed by atoms with van der Waals surface area (Å²) < 4.78 is 17.1. The lowest BCUT2D eigenvalue weighted by molar-refractivity contribution is -0.119. The number of nitrogens with zero attached hydrogens (tertiary/aromatic N) is 3. The molecule has 0 saturated heterocycles. The molecular formula is C24H24N4O5. The van der Waals surface area contributed by atoms with Gasteiger partial charge in [0.2, 0.25) is 5.91 Å². The number of fused-ring (bicyclic) bond motifs is 1. The van der Waals surface area contributed by atoms with Gasteiger partial charge in [0.25, 0.3) is 5.56 Å². The van der Waals surface area contributed by atoms with Gasteiger partial charge >= 0.3 is 0 Å². The van der Waals surface area contributed by atoms with Crippen LogP contribution in [0, 0.1) is 6.92 Å². The molecule has 9 heteroatoms. The SMILES string of the molecule is CC[C@@H](C(=O)Nc1ccccc1OC)n1nc(-c2cccc(OC)c2)c2c(C)onc2c1=O. The molecule has 0 aliphatic heterocycles. The third-order valence-corrected chi connectivity index (χ3v) is 5.41. The first-order valence-electron chi connectivity index (χ1n) is 10.5. The van der Waals surface area contributed by atoms with Gasteiger partial charge < -0.3 is 19.3 Å². The van der Waals surface area contributed by atoms with Crippen LogP contribution >= 0.6 is 0 Å². The van der Waals surface area contributed by atoms with Gasteiger partial charge in [-0.25, -0.2) is 4.68 Å². The molecule has 0 unspecified atom stereocenters. The van der Waals surface area contributed by atoms with Gasteiger partial charge in [-0.2, -0.15) is 5.10 Å². The van der Waals surface area contributed by atoms with E-state index in [0.29, 0.717) is 46.0 Å². The van der Waals surface area contributed by atoms with E-state index < -0.39 is 17.5 Å². The third kappa shape index (κ3) is 4.05. The molecule has 170 valence electrons. The van der Waals surface area contributed by atoms with Gasteiger partial charge in [-0.3, -0.25) is 9.59 Å². The summed E-state index contributed by atoms with van der Waals surface area (Å²) in [5.74, 6) is 1.22. The van der Waals surface area contributed by atoms with Crippen molar-refractivity contribution in [3.63, 3.8) is 0 Å². The van der Waals surface area contributed by atoms with E-state index in [0.717, 1.165) is 0 Å². The number of amides is 1. The number of carbonyl (C=O) groups excluding carboxylic acids is 1. The number of aromatic nitrogens is 3. The standard InChI is InChI=1S/C24H24N4O5/c1-5-18(23(29)25-17-11-6-7-12-19(17)32-4)28-24(30)22-20(14(2)33-27-22)21(26-28)15-9-8-10-16(13-15)31-3/h6-13,18H,5H2,1-4H3,(H,25,29)/t18-/m0/s1. The van der Waals surface area contributed by atoms with Crippen molar-refractivity contribution in [1.29, 1.82) is 0 Å². The van der Waals surface area contributed by atoms with Gasteiger partial charge in [-0.05, 0) is 37.6 Å². The summed E-state index contributed by atoms with van der Waals surface area (Å²) >= 11 is 0. The number of benzene rings is 2. The minimum Gasteiger partial charge on any atom is -0.497 e. The fourth-order valence-corrected chi connectivity index (χ4v) is 3.73. The summed E-state index contributed by atoms with van der Waals surface area (Å²) in [5, 5.41) is 11.9. The Labute approximate surface area is 189 Å². The summed E-state index contributed by atoms with van der Waals surface area (Å²) in [6, 6.07) is 13.5. The van der Waals surface area contributed by atoms with E-state index in [1.165, 1.54) is 11.8 Å². The molecule has 0 aliphatic rings. The lowest BCUT2D eigenvalue weighted by Gasteiger charge is -2.19. The van der Waals surface area contributed by atoms with E-state index in [1.54, 1.807) is 44.4 Å². The summed E-state index contributed by atoms with van der Waals surface area (Å²) in [7, 11) is 3.10. The number of anilines is 1. The molecule has 4 rings (SSSR count). The topological polar surface area (TPSA) is 108 Å². The van der Waals surface area contributed by atoms with Gasteiger partial charge in [0.15, 0.2) is 5.52 Å².